The lowest BCUT2D eigenvalue weighted by Gasteiger charge is -1.99. The van der Waals surface area contributed by atoms with Gasteiger partial charge in [0.25, 0.3) is 11.4 Å². The van der Waals surface area contributed by atoms with Crippen LogP contribution in [0.2, 0.25) is 10.0 Å². The molecule has 0 spiro atoms. The zero-order valence-electron chi connectivity index (χ0n) is 13.4. The van der Waals surface area contributed by atoms with E-state index in [4.69, 9.17) is 28.3 Å². The van der Waals surface area contributed by atoms with Gasteiger partial charge in [-0.15, -0.1) is 0 Å². The third-order valence-corrected chi connectivity index (χ3v) is 3.59. The first-order valence-electron chi connectivity index (χ1n) is 6.78. The fourth-order valence-electron chi connectivity index (χ4n) is 1.68. The van der Waals surface area contributed by atoms with Gasteiger partial charge >= 0.3 is 11.9 Å². The fourth-order valence-corrected chi connectivity index (χ4v) is 2.06. The zero-order valence-corrected chi connectivity index (χ0v) is 14.9. The van der Waals surface area contributed by atoms with Gasteiger partial charge in [0.05, 0.1) is 28.1 Å². The number of carbonyl (C=O) groups excluding carboxylic acids is 1. The average molecular weight is 417 g/mol. The van der Waals surface area contributed by atoms with Crippen LogP contribution in [0.3, 0.4) is 0 Å². The standard InChI is InChI=1S/C8H6ClNO4.C7H4ClNO4/c1-14-8(11)5-2-3-6(9)7(4-5)10(12)13;8-5-2-1-4(7(10)11)3-6(5)9(12)13/h2-4H,1H3;1-3H,(H,10,11). The summed E-state index contributed by atoms with van der Waals surface area (Å²) in [6, 6.07) is 7.03. The van der Waals surface area contributed by atoms with Crippen LogP contribution in [0.5, 0.6) is 0 Å². The molecule has 12 heteroatoms. The molecule has 27 heavy (non-hydrogen) atoms. The Labute approximate surface area is 161 Å². The Balaban J connectivity index is 0.000000271. The molecule has 2 rings (SSSR count). The molecule has 10 nitrogen and oxygen atoms in total. The molecule has 0 aliphatic rings. The Hall–Kier alpha value is -3.24. The van der Waals surface area contributed by atoms with Gasteiger partial charge in [-0.2, -0.15) is 0 Å². The molecule has 0 saturated heterocycles. The van der Waals surface area contributed by atoms with Crippen LogP contribution in [0, 0.1) is 20.2 Å². The number of halogens is 2. The minimum absolute atomic E-state index is 0.0114. The number of ether oxygens (including phenoxy) is 1. The number of methoxy groups -OCH3 is 1. The highest BCUT2D eigenvalue weighted by Crippen LogP contribution is 2.25. The Bertz CT molecular complexity index is 917. The third-order valence-electron chi connectivity index (χ3n) is 2.95. The van der Waals surface area contributed by atoms with E-state index < -0.39 is 27.5 Å². The number of rotatable bonds is 4. The predicted octanol–water partition coefficient (Wildman–Crippen LogP) is 3.98. The summed E-state index contributed by atoms with van der Waals surface area (Å²) >= 11 is 11.0. The molecule has 2 aromatic carbocycles. The Kier molecular flexibility index (Phi) is 7.64. The van der Waals surface area contributed by atoms with Crippen molar-refractivity contribution in [2.75, 3.05) is 7.11 Å². The second kappa shape index (κ2) is 9.46. The highest BCUT2D eigenvalue weighted by molar-refractivity contribution is 6.33. The highest BCUT2D eigenvalue weighted by atomic mass is 35.5. The van der Waals surface area contributed by atoms with Crippen molar-refractivity contribution in [3.63, 3.8) is 0 Å². The van der Waals surface area contributed by atoms with Crippen molar-refractivity contribution in [1.29, 1.82) is 0 Å². The van der Waals surface area contributed by atoms with Crippen LogP contribution in [0.4, 0.5) is 11.4 Å². The van der Waals surface area contributed by atoms with Gasteiger partial charge in [0.2, 0.25) is 0 Å². The van der Waals surface area contributed by atoms with Crippen LogP contribution in [-0.2, 0) is 4.74 Å². The van der Waals surface area contributed by atoms with E-state index in [2.05, 4.69) is 4.74 Å². The van der Waals surface area contributed by atoms with Crippen LogP contribution in [-0.4, -0.2) is 34.0 Å². The van der Waals surface area contributed by atoms with E-state index in [1.165, 1.54) is 31.4 Å². The van der Waals surface area contributed by atoms with Crippen molar-refractivity contribution >= 4 is 46.5 Å². The van der Waals surface area contributed by atoms with E-state index >= 15 is 0 Å². The normalized spacial score (nSPS) is 9.59. The molecule has 1 N–H and O–H groups in total. The molecular weight excluding hydrogens is 407 g/mol. The van der Waals surface area contributed by atoms with E-state index in [1.54, 1.807) is 0 Å². The summed E-state index contributed by atoms with van der Waals surface area (Å²) in [5.74, 6) is -1.86. The van der Waals surface area contributed by atoms with Crippen LogP contribution in [0.15, 0.2) is 36.4 Å². The van der Waals surface area contributed by atoms with Crippen molar-refractivity contribution in [3.05, 3.63) is 77.8 Å². The van der Waals surface area contributed by atoms with Gasteiger partial charge in [0, 0.05) is 12.1 Å². The molecule has 2 aromatic rings. The minimum Gasteiger partial charge on any atom is -0.478 e. The van der Waals surface area contributed by atoms with E-state index in [0.29, 0.717) is 0 Å². The molecule has 0 bridgehead atoms. The lowest BCUT2D eigenvalue weighted by atomic mass is 10.2. The quantitative estimate of drug-likeness (QED) is 0.446. The number of carboxylic acids is 1. The summed E-state index contributed by atoms with van der Waals surface area (Å²) in [7, 11) is 1.20. The molecule has 0 fully saturated rings. The first kappa shape index (κ1) is 21.8. The maximum absolute atomic E-state index is 11.0. The van der Waals surface area contributed by atoms with Crippen molar-refractivity contribution < 1.29 is 29.3 Å². The summed E-state index contributed by atoms with van der Waals surface area (Å²) in [6.45, 7) is 0. The van der Waals surface area contributed by atoms with Gasteiger partial charge < -0.3 is 9.84 Å². The molecule has 0 heterocycles. The smallest absolute Gasteiger partial charge is 0.338 e. The zero-order chi connectivity index (χ0) is 20.7. The Morgan fingerprint density at radius 3 is 1.70 bits per heavy atom. The molecule has 142 valence electrons. The molecule has 0 radical (unpaired) electrons. The molecule has 0 aliphatic carbocycles. The SMILES string of the molecule is COC(=O)c1ccc(Cl)c([N+](=O)[O-])c1.O=C(O)c1ccc(Cl)c([N+](=O)[O-])c1. The van der Waals surface area contributed by atoms with Crippen molar-refractivity contribution in [2.45, 2.75) is 0 Å². The number of nitrogens with zero attached hydrogens (tertiary/aromatic N) is 2. The van der Waals surface area contributed by atoms with Gasteiger partial charge in [-0.3, -0.25) is 20.2 Å². The number of hydrogen-bond acceptors (Lipinski definition) is 7. The van der Waals surface area contributed by atoms with Crippen molar-refractivity contribution in [1.82, 2.24) is 0 Å². The second-order valence-electron chi connectivity index (χ2n) is 4.64. The minimum atomic E-state index is -1.22. The number of benzene rings is 2. The van der Waals surface area contributed by atoms with Crippen molar-refractivity contribution in [2.24, 2.45) is 0 Å². The molecule has 0 aromatic heterocycles. The van der Waals surface area contributed by atoms with Crippen molar-refractivity contribution in [3.8, 4) is 0 Å². The van der Waals surface area contributed by atoms with Gasteiger partial charge in [-0.25, -0.2) is 9.59 Å². The molecule has 0 unspecified atom stereocenters. The molecule has 0 saturated carbocycles. The van der Waals surface area contributed by atoms with Crippen LogP contribution < -0.4 is 0 Å². The maximum atomic E-state index is 11.0. The Morgan fingerprint density at radius 2 is 1.33 bits per heavy atom. The van der Waals surface area contributed by atoms with Gasteiger partial charge in [-0.1, -0.05) is 23.2 Å². The Morgan fingerprint density at radius 1 is 0.926 bits per heavy atom. The first-order chi connectivity index (χ1) is 12.6. The van der Waals surface area contributed by atoms with Gasteiger partial charge in [0.1, 0.15) is 10.0 Å². The predicted molar refractivity (Wildman–Crippen MR) is 94.5 cm³/mol. The fraction of sp³-hybridized carbons (Fsp3) is 0.0667. The van der Waals surface area contributed by atoms with E-state index in [-0.39, 0.29) is 26.9 Å². The second-order valence-corrected chi connectivity index (χ2v) is 5.46. The molecule has 0 amide bonds. The number of hydrogen-bond donors (Lipinski definition) is 1. The number of aromatic carboxylic acids is 1. The largest absolute Gasteiger partial charge is 0.478 e. The van der Waals surface area contributed by atoms with Gasteiger partial charge in [-0.05, 0) is 24.3 Å². The number of esters is 1. The summed E-state index contributed by atoms with van der Waals surface area (Å²) in [5, 5.41) is 29.2. The van der Waals surface area contributed by atoms with E-state index in [1.807, 2.05) is 0 Å². The maximum Gasteiger partial charge on any atom is 0.338 e. The topological polar surface area (TPSA) is 150 Å². The monoisotopic (exact) mass is 416 g/mol. The van der Waals surface area contributed by atoms with Crippen LogP contribution >= 0.6 is 23.2 Å². The number of nitro groups is 2. The van der Waals surface area contributed by atoms with E-state index in [9.17, 15) is 29.8 Å². The highest BCUT2D eigenvalue weighted by Gasteiger charge is 2.16. The number of nitro benzene ring substituents is 2. The average Bonchev–Trinajstić information content (AvgIpc) is 2.61. The lowest BCUT2D eigenvalue weighted by Crippen LogP contribution is -2.02. The summed E-state index contributed by atoms with van der Waals surface area (Å²) in [6.07, 6.45) is 0. The summed E-state index contributed by atoms with van der Waals surface area (Å²) in [4.78, 5) is 40.8. The number of carbonyl (C=O) groups is 2. The molecular formula is C15H10Cl2N2O8. The lowest BCUT2D eigenvalue weighted by molar-refractivity contribution is -0.384. The van der Waals surface area contributed by atoms with Crippen LogP contribution in [0.25, 0.3) is 0 Å². The number of carboxylic acid groups (broad SMARTS) is 1. The first-order valence-corrected chi connectivity index (χ1v) is 7.53. The van der Waals surface area contributed by atoms with Gasteiger partial charge in [0.15, 0.2) is 0 Å². The summed E-state index contributed by atoms with van der Waals surface area (Å²) in [5.41, 5.74) is -0.768. The molecule has 0 atom stereocenters. The van der Waals surface area contributed by atoms with Crippen LogP contribution in [0.1, 0.15) is 20.7 Å². The third kappa shape index (κ3) is 5.90. The summed E-state index contributed by atoms with van der Waals surface area (Å²) < 4.78 is 4.41. The van der Waals surface area contributed by atoms with E-state index in [0.717, 1.165) is 12.1 Å². The molecule has 0 aliphatic heterocycles.